The fourth-order valence-corrected chi connectivity index (χ4v) is 12.0. The summed E-state index contributed by atoms with van der Waals surface area (Å²) in [4.78, 5) is 0. The average molecular weight is 975 g/mol. The topological polar surface area (TPSA) is 0 Å². The van der Waals surface area contributed by atoms with Crippen molar-refractivity contribution < 1.29 is 49.0 Å². The van der Waals surface area contributed by atoms with E-state index in [-0.39, 0.29) is 57.3 Å². The molecule has 4 aromatic rings. The molecule has 2 unspecified atom stereocenters. The van der Waals surface area contributed by atoms with Gasteiger partial charge in [0.2, 0.25) is 0 Å². The van der Waals surface area contributed by atoms with E-state index in [0.29, 0.717) is 11.3 Å². The maximum atomic E-state index is 2.62. The molecular weight excluding hydrogens is 895 g/mol. The van der Waals surface area contributed by atoms with Gasteiger partial charge in [-0.3, -0.25) is 0 Å². The van der Waals surface area contributed by atoms with Gasteiger partial charge in [0, 0.05) is 0 Å². The van der Waals surface area contributed by atoms with E-state index >= 15 is 0 Å². The van der Waals surface area contributed by atoms with Gasteiger partial charge in [-0.1, -0.05) is 153 Å². The first-order valence-electron chi connectivity index (χ1n) is 23.7. The van der Waals surface area contributed by atoms with Gasteiger partial charge in [0.05, 0.1) is 0 Å². The summed E-state index contributed by atoms with van der Waals surface area (Å²) in [6.07, 6.45) is 9.65. The SMILES string of the molecule is CC(C)(C)c1ccc([C](=[Zr+2])c2ccc(C(C)(C)C)cc2)cc1.CCc1cc(C(C)(C)C)c[cH-]1.C[C-]1C2=C3Cc4ccccc4C3=C3C=CCCC3C2(C)C(C)(C)C(C)(C)C1(C)C.[Cl-].[Cl-]. The smallest absolute Gasteiger partial charge is 0.00969 e. The van der Waals surface area contributed by atoms with E-state index in [1.165, 1.54) is 84.8 Å². The van der Waals surface area contributed by atoms with Crippen molar-refractivity contribution in [3.8, 4) is 0 Å². The molecule has 0 N–H and O–H groups in total. The molecule has 3 heteroatoms. The van der Waals surface area contributed by atoms with E-state index in [4.69, 9.17) is 0 Å². The Morgan fingerprint density at radius 3 is 1.66 bits per heavy atom. The predicted molar refractivity (Wildman–Crippen MR) is 268 cm³/mol. The first-order valence-corrected chi connectivity index (χ1v) is 25.0. The summed E-state index contributed by atoms with van der Waals surface area (Å²) in [5.41, 5.74) is 19.4. The monoisotopic (exact) mass is 972 g/mol. The van der Waals surface area contributed by atoms with Crippen LogP contribution in [-0.2, 0) is 53.3 Å². The Balaban J connectivity index is 0.000000228. The zero-order chi connectivity index (χ0) is 46.0. The van der Waals surface area contributed by atoms with E-state index in [2.05, 4.69) is 228 Å². The van der Waals surface area contributed by atoms with Crippen LogP contribution in [0.4, 0.5) is 0 Å². The summed E-state index contributed by atoms with van der Waals surface area (Å²) in [7, 11) is 0. The van der Waals surface area contributed by atoms with Gasteiger partial charge in [-0.25, -0.2) is 12.0 Å². The summed E-state index contributed by atoms with van der Waals surface area (Å²) in [6, 6.07) is 34.1. The Labute approximate surface area is 419 Å². The second-order valence-corrected chi connectivity index (χ2v) is 25.1. The van der Waals surface area contributed by atoms with Crippen molar-refractivity contribution in [1.82, 2.24) is 0 Å². The molecular formula is C61H80Cl2Zr-2. The maximum Gasteiger partial charge on any atom is -0.00969 e. The predicted octanol–water partition coefficient (Wildman–Crippen LogP) is 10.6. The fourth-order valence-electron chi connectivity index (χ4n) is 11.2. The third-order valence-electron chi connectivity index (χ3n) is 17.0. The standard InChI is InChI=1S/C29H37.C21H26.C11H17.2ClH.Zr/c1-18-25-22-17-19-13-9-10-14-20(19)24(22)21-15-11-12-16-23(21)29(25,8)28(6,7)27(4,5)26(18,2)3;1-20(2,3)18-11-7-16(8-12-18)15-17-9-13-19(14-10-17)21(4,5)6;1-5-9-6-7-10(8-9)11(2,3)4;;;/h9-11,13-15,23H,12,16-17H2,1-8H3;7-14H,1-6H3;6-8H,5H2,1-4H3;2*1H;/q-1;;-1;;;+2/p-2. The Morgan fingerprint density at radius 1 is 0.703 bits per heavy atom. The molecule has 0 spiro atoms. The molecule has 4 aliphatic rings. The number of allylic oxidation sites excluding steroid dienone is 6. The van der Waals surface area contributed by atoms with Gasteiger partial charge in [0.1, 0.15) is 0 Å². The van der Waals surface area contributed by atoms with Crippen LogP contribution in [0.3, 0.4) is 0 Å². The number of hydrogen-bond donors (Lipinski definition) is 0. The second kappa shape index (κ2) is 19.2. The van der Waals surface area contributed by atoms with Crippen molar-refractivity contribution in [2.75, 3.05) is 0 Å². The second-order valence-electron chi connectivity index (χ2n) is 23.9. The Bertz CT molecular complexity index is 2310. The summed E-state index contributed by atoms with van der Waals surface area (Å²) in [6.45, 7) is 42.8. The first-order chi connectivity index (χ1) is 28.6. The molecule has 0 radical (unpaired) electrons. The molecule has 0 nitrogen and oxygen atoms in total. The minimum Gasteiger partial charge on any atom is -1.00 e. The zero-order valence-corrected chi connectivity index (χ0v) is 46.9. The fraction of sp³-hybridized carbons (Fsp3) is 0.492. The molecule has 8 rings (SSSR count). The summed E-state index contributed by atoms with van der Waals surface area (Å²) >= 11 is 1.46. The van der Waals surface area contributed by atoms with Crippen molar-refractivity contribution in [1.29, 1.82) is 0 Å². The molecule has 0 amide bonds. The van der Waals surface area contributed by atoms with E-state index in [0.717, 1.165) is 12.8 Å². The van der Waals surface area contributed by atoms with Crippen molar-refractivity contribution in [3.05, 3.63) is 170 Å². The number of hydrogen-bond acceptors (Lipinski definition) is 0. The van der Waals surface area contributed by atoms with Crippen LogP contribution in [0.1, 0.15) is 182 Å². The maximum absolute atomic E-state index is 2.62. The van der Waals surface area contributed by atoms with Crippen LogP contribution in [0.5, 0.6) is 0 Å². The van der Waals surface area contributed by atoms with Crippen molar-refractivity contribution in [2.45, 2.75) is 167 Å². The Kier molecular flexibility index (Phi) is 16.2. The molecule has 1 fully saturated rings. The van der Waals surface area contributed by atoms with Gasteiger partial charge in [-0.2, -0.15) is 34.4 Å². The van der Waals surface area contributed by atoms with Gasteiger partial charge >= 0.3 is 151 Å². The van der Waals surface area contributed by atoms with Crippen LogP contribution in [0.15, 0.2) is 120 Å². The van der Waals surface area contributed by atoms with Crippen LogP contribution in [-0.4, -0.2) is 3.21 Å². The molecule has 0 aromatic heterocycles. The number of rotatable bonds is 3. The summed E-state index contributed by atoms with van der Waals surface area (Å²) < 4.78 is 1.42. The molecule has 64 heavy (non-hydrogen) atoms. The largest absolute Gasteiger partial charge is 1.00 e. The van der Waals surface area contributed by atoms with E-state index in [1.807, 2.05) is 0 Å². The molecule has 1 saturated carbocycles. The van der Waals surface area contributed by atoms with Gasteiger partial charge in [0.25, 0.3) is 0 Å². The van der Waals surface area contributed by atoms with Crippen LogP contribution in [0.2, 0.25) is 0 Å². The van der Waals surface area contributed by atoms with E-state index in [9.17, 15) is 0 Å². The van der Waals surface area contributed by atoms with Crippen LogP contribution in [0, 0.1) is 33.5 Å². The summed E-state index contributed by atoms with van der Waals surface area (Å²) in [5.74, 6) is 2.24. The van der Waals surface area contributed by atoms with Gasteiger partial charge in [-0.15, -0.1) is 6.92 Å². The molecule has 4 aliphatic carbocycles. The molecule has 0 aliphatic heterocycles. The van der Waals surface area contributed by atoms with E-state index in [1.54, 1.807) is 28.2 Å². The third kappa shape index (κ3) is 9.59. The Morgan fingerprint density at radius 2 is 1.20 bits per heavy atom. The van der Waals surface area contributed by atoms with Gasteiger partial charge < -0.3 is 24.8 Å². The van der Waals surface area contributed by atoms with Crippen molar-refractivity contribution >= 4 is 8.78 Å². The van der Waals surface area contributed by atoms with E-state index < -0.39 is 0 Å². The molecule has 2 atom stereocenters. The first kappa shape index (κ1) is 54.0. The molecule has 0 saturated heterocycles. The average Bonchev–Trinajstić information content (AvgIpc) is 3.86. The molecule has 4 aromatic carbocycles. The molecule has 0 bridgehead atoms. The number of halogens is 2. The number of fused-ring (bicyclic) bond motifs is 6. The van der Waals surface area contributed by atoms with Gasteiger partial charge in [-0.05, 0) is 40.6 Å². The van der Waals surface area contributed by atoms with Crippen LogP contribution >= 0.6 is 0 Å². The molecule has 344 valence electrons. The summed E-state index contributed by atoms with van der Waals surface area (Å²) in [5, 5.41) is 0. The zero-order valence-electron chi connectivity index (χ0n) is 43.0. The van der Waals surface area contributed by atoms with Gasteiger partial charge in [0.15, 0.2) is 0 Å². The van der Waals surface area contributed by atoms with Crippen molar-refractivity contribution in [2.24, 2.45) is 27.6 Å². The number of benzene rings is 3. The normalized spacial score (nSPS) is 21.4. The quantitative estimate of drug-likeness (QED) is 0.180. The molecule has 0 heterocycles. The minimum absolute atomic E-state index is 0. The van der Waals surface area contributed by atoms with Crippen LogP contribution in [0.25, 0.3) is 5.57 Å². The Hall–Kier alpha value is -2.57. The number of aryl methyl sites for hydroxylation is 1. The van der Waals surface area contributed by atoms with Crippen LogP contribution < -0.4 is 24.8 Å². The minimum atomic E-state index is 0. The van der Waals surface area contributed by atoms with Crippen molar-refractivity contribution in [3.63, 3.8) is 0 Å². The third-order valence-corrected chi connectivity index (χ3v) is 18.4.